The second-order valence-electron chi connectivity index (χ2n) is 5.63. The first kappa shape index (κ1) is 17.1. The van der Waals surface area contributed by atoms with Gasteiger partial charge < -0.3 is 9.74 Å². The van der Waals surface area contributed by atoms with Crippen molar-refractivity contribution in [3.63, 3.8) is 0 Å². The molecule has 0 aliphatic carbocycles. The molecule has 1 aliphatic rings. The first-order valence-corrected chi connectivity index (χ1v) is 8.14. The predicted octanol–water partition coefficient (Wildman–Crippen LogP) is 3.99. The lowest BCUT2D eigenvalue weighted by Gasteiger charge is -2.24. The van der Waals surface area contributed by atoms with E-state index in [1.165, 1.54) is 0 Å². The summed E-state index contributed by atoms with van der Waals surface area (Å²) in [5, 5.41) is 5.14. The van der Waals surface area contributed by atoms with Crippen LogP contribution in [0.5, 0.6) is 0 Å². The molecule has 0 saturated heterocycles. The monoisotopic (exact) mass is 342 g/mol. The number of likely N-dealkylation sites (N-methyl/N-ethyl adjacent to an activating group) is 1. The number of halogens is 2. The molecule has 1 aliphatic heterocycles. The highest BCUT2D eigenvalue weighted by Crippen LogP contribution is 2.25. The molecule has 22 heavy (non-hydrogen) atoms. The SMILES string of the molecule is CCN(C[C@H]1CC(c2ccc(Cl)c(Cl)c2)=NO1)C(=O)C(C)C. The summed E-state index contributed by atoms with van der Waals surface area (Å²) in [6, 6.07) is 5.40. The van der Waals surface area contributed by atoms with Crippen molar-refractivity contribution in [3.05, 3.63) is 33.8 Å². The molecule has 1 aromatic rings. The van der Waals surface area contributed by atoms with Gasteiger partial charge in [-0.25, -0.2) is 0 Å². The van der Waals surface area contributed by atoms with Gasteiger partial charge in [-0.3, -0.25) is 4.79 Å². The molecule has 1 aromatic carbocycles. The standard InChI is InChI=1S/C16H20Cl2N2O2/c1-4-20(16(21)10(2)3)9-12-8-15(19-22-12)11-5-6-13(17)14(18)7-11/h5-7,10,12H,4,8-9H2,1-3H3/t12-/m1/s1. The molecule has 2 rings (SSSR count). The van der Waals surface area contributed by atoms with Gasteiger partial charge >= 0.3 is 0 Å². The van der Waals surface area contributed by atoms with Crippen LogP contribution < -0.4 is 0 Å². The average molecular weight is 343 g/mol. The number of hydrogen-bond acceptors (Lipinski definition) is 3. The van der Waals surface area contributed by atoms with E-state index in [-0.39, 0.29) is 17.9 Å². The van der Waals surface area contributed by atoms with Crippen LogP contribution in [0.2, 0.25) is 10.0 Å². The van der Waals surface area contributed by atoms with Gasteiger partial charge in [0.05, 0.1) is 22.3 Å². The first-order valence-electron chi connectivity index (χ1n) is 7.39. The molecule has 0 spiro atoms. The van der Waals surface area contributed by atoms with E-state index in [0.717, 1.165) is 11.3 Å². The number of amides is 1. The molecule has 6 heteroatoms. The molecule has 1 heterocycles. The third-order valence-corrected chi connectivity index (χ3v) is 4.34. The Bertz CT molecular complexity index is 588. The van der Waals surface area contributed by atoms with Crippen molar-refractivity contribution in [2.45, 2.75) is 33.3 Å². The summed E-state index contributed by atoms with van der Waals surface area (Å²) in [6.45, 7) is 6.98. The van der Waals surface area contributed by atoms with E-state index < -0.39 is 0 Å². The van der Waals surface area contributed by atoms with E-state index in [1.807, 2.05) is 31.7 Å². The van der Waals surface area contributed by atoms with Crippen LogP contribution in [0.1, 0.15) is 32.8 Å². The second kappa shape index (κ2) is 7.34. The van der Waals surface area contributed by atoms with Crippen molar-refractivity contribution in [1.29, 1.82) is 0 Å². The second-order valence-corrected chi connectivity index (χ2v) is 6.44. The van der Waals surface area contributed by atoms with Crippen molar-refractivity contribution in [1.82, 2.24) is 4.90 Å². The summed E-state index contributed by atoms with van der Waals surface area (Å²) in [6.07, 6.45) is 0.534. The third kappa shape index (κ3) is 3.93. The number of carbonyl (C=O) groups is 1. The Morgan fingerprint density at radius 1 is 1.41 bits per heavy atom. The number of rotatable bonds is 5. The highest BCUT2D eigenvalue weighted by Gasteiger charge is 2.27. The molecule has 0 unspecified atom stereocenters. The van der Waals surface area contributed by atoms with Crippen molar-refractivity contribution < 1.29 is 9.63 Å². The van der Waals surface area contributed by atoms with E-state index in [1.54, 1.807) is 12.1 Å². The highest BCUT2D eigenvalue weighted by atomic mass is 35.5. The molecule has 1 amide bonds. The Balaban J connectivity index is 1.99. The maximum Gasteiger partial charge on any atom is 0.225 e. The van der Waals surface area contributed by atoms with Gasteiger partial charge in [0, 0.05) is 24.4 Å². The fraction of sp³-hybridized carbons (Fsp3) is 0.500. The minimum atomic E-state index is -0.118. The summed E-state index contributed by atoms with van der Waals surface area (Å²) in [5.41, 5.74) is 1.73. The quantitative estimate of drug-likeness (QED) is 0.811. The molecular formula is C16H20Cl2N2O2. The topological polar surface area (TPSA) is 41.9 Å². The lowest BCUT2D eigenvalue weighted by atomic mass is 10.0. The summed E-state index contributed by atoms with van der Waals surface area (Å²) >= 11 is 12.0. The van der Waals surface area contributed by atoms with Gasteiger partial charge in [-0.2, -0.15) is 0 Å². The molecule has 0 bridgehead atoms. The zero-order valence-corrected chi connectivity index (χ0v) is 14.5. The summed E-state index contributed by atoms with van der Waals surface area (Å²) in [7, 11) is 0. The number of benzene rings is 1. The van der Waals surface area contributed by atoms with Gasteiger partial charge in [0.1, 0.15) is 0 Å². The molecule has 1 atom stereocenters. The van der Waals surface area contributed by atoms with E-state index in [9.17, 15) is 4.79 Å². The smallest absolute Gasteiger partial charge is 0.225 e. The average Bonchev–Trinajstić information content (AvgIpc) is 2.95. The Morgan fingerprint density at radius 2 is 2.14 bits per heavy atom. The van der Waals surface area contributed by atoms with Crippen LogP contribution in [0.4, 0.5) is 0 Å². The highest BCUT2D eigenvalue weighted by molar-refractivity contribution is 6.42. The number of carbonyl (C=O) groups excluding carboxylic acids is 1. The van der Waals surface area contributed by atoms with Gasteiger partial charge in [0.15, 0.2) is 6.10 Å². The summed E-state index contributed by atoms with van der Waals surface area (Å²) in [5.74, 6) is 0.117. The summed E-state index contributed by atoms with van der Waals surface area (Å²) in [4.78, 5) is 19.4. The zero-order chi connectivity index (χ0) is 16.3. The van der Waals surface area contributed by atoms with E-state index in [2.05, 4.69) is 5.16 Å². The largest absolute Gasteiger partial charge is 0.390 e. The lowest BCUT2D eigenvalue weighted by molar-refractivity contribution is -0.136. The van der Waals surface area contributed by atoms with Crippen molar-refractivity contribution in [3.8, 4) is 0 Å². The van der Waals surface area contributed by atoms with E-state index in [4.69, 9.17) is 28.0 Å². The maximum atomic E-state index is 12.1. The van der Waals surface area contributed by atoms with Crippen LogP contribution in [0.15, 0.2) is 23.4 Å². The van der Waals surface area contributed by atoms with Gasteiger partial charge in [-0.1, -0.05) is 48.3 Å². The van der Waals surface area contributed by atoms with Crippen LogP contribution in [0.25, 0.3) is 0 Å². The van der Waals surface area contributed by atoms with Crippen LogP contribution in [-0.2, 0) is 9.63 Å². The van der Waals surface area contributed by atoms with Crippen LogP contribution in [-0.4, -0.2) is 35.7 Å². The Labute approximate surface area is 141 Å². The van der Waals surface area contributed by atoms with Gasteiger partial charge in [-0.15, -0.1) is 0 Å². The molecule has 0 aromatic heterocycles. The number of hydrogen-bond donors (Lipinski definition) is 0. The van der Waals surface area contributed by atoms with Crippen molar-refractivity contribution in [2.24, 2.45) is 11.1 Å². The van der Waals surface area contributed by atoms with Gasteiger partial charge in [0.25, 0.3) is 0 Å². The predicted molar refractivity (Wildman–Crippen MR) is 89.6 cm³/mol. The van der Waals surface area contributed by atoms with Crippen molar-refractivity contribution in [2.75, 3.05) is 13.1 Å². The molecule has 0 saturated carbocycles. The molecule has 0 fully saturated rings. The van der Waals surface area contributed by atoms with E-state index >= 15 is 0 Å². The molecule has 0 N–H and O–H groups in total. The lowest BCUT2D eigenvalue weighted by Crippen LogP contribution is -2.39. The minimum Gasteiger partial charge on any atom is -0.390 e. The fourth-order valence-corrected chi connectivity index (χ4v) is 2.66. The minimum absolute atomic E-state index is 0.0168. The molecular weight excluding hydrogens is 323 g/mol. The van der Waals surface area contributed by atoms with Gasteiger partial charge in [-0.05, 0) is 19.1 Å². The Morgan fingerprint density at radius 3 is 2.73 bits per heavy atom. The third-order valence-electron chi connectivity index (χ3n) is 3.60. The van der Waals surface area contributed by atoms with Crippen molar-refractivity contribution >= 4 is 34.8 Å². The van der Waals surface area contributed by atoms with Crippen LogP contribution in [0, 0.1) is 5.92 Å². The molecule has 120 valence electrons. The molecule has 4 nitrogen and oxygen atoms in total. The molecule has 0 radical (unpaired) electrons. The van der Waals surface area contributed by atoms with Crippen LogP contribution >= 0.6 is 23.2 Å². The fourth-order valence-electron chi connectivity index (χ4n) is 2.36. The van der Waals surface area contributed by atoms with E-state index in [0.29, 0.717) is 29.6 Å². The number of oxime groups is 1. The maximum absolute atomic E-state index is 12.1. The Kier molecular flexibility index (Phi) is 5.70. The first-order chi connectivity index (χ1) is 10.4. The zero-order valence-electron chi connectivity index (χ0n) is 13.0. The number of nitrogens with zero attached hydrogens (tertiary/aromatic N) is 2. The van der Waals surface area contributed by atoms with Crippen LogP contribution in [0.3, 0.4) is 0 Å². The Hall–Kier alpha value is -1.26. The van der Waals surface area contributed by atoms with Gasteiger partial charge in [0.2, 0.25) is 5.91 Å². The summed E-state index contributed by atoms with van der Waals surface area (Å²) < 4.78 is 0. The normalized spacial score (nSPS) is 17.4.